The Kier molecular flexibility index (Phi) is 5.10. The SMILES string of the molecule is Cc1ccc(N2CCN(C(=O)NCC(C)C)CC2)c(C)c1. The van der Waals surface area contributed by atoms with Crippen molar-refractivity contribution in [1.82, 2.24) is 10.2 Å². The van der Waals surface area contributed by atoms with Gasteiger partial charge in [0, 0.05) is 38.4 Å². The number of amides is 2. The van der Waals surface area contributed by atoms with E-state index in [0.29, 0.717) is 5.92 Å². The van der Waals surface area contributed by atoms with E-state index in [-0.39, 0.29) is 6.03 Å². The first kappa shape index (κ1) is 15.7. The highest BCUT2D eigenvalue weighted by atomic mass is 16.2. The van der Waals surface area contributed by atoms with E-state index in [1.165, 1.54) is 16.8 Å². The van der Waals surface area contributed by atoms with Crippen molar-refractivity contribution in [3.8, 4) is 0 Å². The lowest BCUT2D eigenvalue weighted by Gasteiger charge is -2.37. The van der Waals surface area contributed by atoms with Crippen LogP contribution in [-0.4, -0.2) is 43.7 Å². The van der Waals surface area contributed by atoms with Gasteiger partial charge in [0.05, 0.1) is 0 Å². The Bertz CT molecular complexity index is 491. The molecule has 0 aliphatic carbocycles. The fourth-order valence-corrected chi connectivity index (χ4v) is 2.71. The van der Waals surface area contributed by atoms with Gasteiger partial charge in [0.1, 0.15) is 0 Å². The fraction of sp³-hybridized carbons (Fsp3) is 0.588. The molecule has 0 radical (unpaired) electrons. The van der Waals surface area contributed by atoms with Crippen LogP contribution in [0.4, 0.5) is 10.5 Å². The number of rotatable bonds is 3. The minimum atomic E-state index is 0.0731. The zero-order chi connectivity index (χ0) is 15.4. The molecule has 0 unspecified atom stereocenters. The van der Waals surface area contributed by atoms with Crippen LogP contribution in [0.3, 0.4) is 0 Å². The molecule has 1 aliphatic rings. The second-order valence-electron chi connectivity index (χ2n) is 6.34. The number of nitrogens with zero attached hydrogens (tertiary/aromatic N) is 2. The molecule has 0 aromatic heterocycles. The summed E-state index contributed by atoms with van der Waals surface area (Å²) in [5, 5.41) is 2.99. The van der Waals surface area contributed by atoms with Gasteiger partial charge in [-0.05, 0) is 31.4 Å². The van der Waals surface area contributed by atoms with E-state index >= 15 is 0 Å². The number of piperazine rings is 1. The highest BCUT2D eigenvalue weighted by Gasteiger charge is 2.21. The van der Waals surface area contributed by atoms with Crippen LogP contribution in [0.25, 0.3) is 0 Å². The van der Waals surface area contributed by atoms with Crippen LogP contribution in [0, 0.1) is 19.8 Å². The van der Waals surface area contributed by atoms with Crippen LogP contribution in [0.5, 0.6) is 0 Å². The molecular formula is C17H27N3O. The lowest BCUT2D eigenvalue weighted by Crippen LogP contribution is -2.52. The maximum Gasteiger partial charge on any atom is 0.317 e. The summed E-state index contributed by atoms with van der Waals surface area (Å²) in [6.07, 6.45) is 0. The van der Waals surface area contributed by atoms with Gasteiger partial charge in [0.25, 0.3) is 0 Å². The standard InChI is InChI=1S/C17H27N3O/c1-13(2)12-18-17(21)20-9-7-19(8-10-20)16-6-5-14(3)11-15(16)4/h5-6,11,13H,7-10,12H2,1-4H3,(H,18,21). The van der Waals surface area contributed by atoms with Gasteiger partial charge in [-0.3, -0.25) is 0 Å². The Balaban J connectivity index is 1.89. The van der Waals surface area contributed by atoms with Crippen LogP contribution >= 0.6 is 0 Å². The smallest absolute Gasteiger partial charge is 0.317 e. The number of urea groups is 1. The summed E-state index contributed by atoms with van der Waals surface area (Å²) in [5.74, 6) is 0.491. The minimum Gasteiger partial charge on any atom is -0.368 e. The molecule has 0 atom stereocenters. The third-order valence-electron chi connectivity index (χ3n) is 3.92. The molecular weight excluding hydrogens is 262 g/mol. The maximum atomic E-state index is 12.1. The van der Waals surface area contributed by atoms with Gasteiger partial charge in [-0.15, -0.1) is 0 Å². The topological polar surface area (TPSA) is 35.6 Å². The molecule has 1 saturated heterocycles. The van der Waals surface area contributed by atoms with E-state index in [9.17, 15) is 4.79 Å². The number of hydrogen-bond acceptors (Lipinski definition) is 2. The van der Waals surface area contributed by atoms with Crippen LogP contribution in [0.2, 0.25) is 0 Å². The molecule has 0 saturated carbocycles. The van der Waals surface area contributed by atoms with Crippen LogP contribution < -0.4 is 10.2 Å². The Hall–Kier alpha value is -1.71. The lowest BCUT2D eigenvalue weighted by molar-refractivity contribution is 0.193. The van der Waals surface area contributed by atoms with E-state index in [2.05, 4.69) is 56.1 Å². The Morgan fingerprint density at radius 3 is 2.43 bits per heavy atom. The summed E-state index contributed by atoms with van der Waals surface area (Å²) in [7, 11) is 0. The molecule has 0 bridgehead atoms. The minimum absolute atomic E-state index is 0.0731. The van der Waals surface area contributed by atoms with E-state index in [0.717, 1.165) is 32.7 Å². The first-order valence-corrected chi connectivity index (χ1v) is 7.82. The highest BCUT2D eigenvalue weighted by molar-refractivity contribution is 5.74. The van der Waals surface area contributed by atoms with Crippen molar-refractivity contribution in [2.24, 2.45) is 5.92 Å². The van der Waals surface area contributed by atoms with Gasteiger partial charge in [-0.2, -0.15) is 0 Å². The van der Waals surface area contributed by atoms with E-state index in [1.807, 2.05) is 4.90 Å². The summed E-state index contributed by atoms with van der Waals surface area (Å²) in [4.78, 5) is 16.3. The third kappa shape index (κ3) is 4.13. The zero-order valence-corrected chi connectivity index (χ0v) is 13.6. The summed E-state index contributed by atoms with van der Waals surface area (Å²) in [6.45, 7) is 12.6. The Morgan fingerprint density at radius 1 is 1.19 bits per heavy atom. The van der Waals surface area contributed by atoms with Crippen molar-refractivity contribution < 1.29 is 4.79 Å². The molecule has 0 spiro atoms. The van der Waals surface area contributed by atoms with Gasteiger partial charge in [-0.25, -0.2) is 4.79 Å². The van der Waals surface area contributed by atoms with E-state index in [1.54, 1.807) is 0 Å². The number of carbonyl (C=O) groups excluding carboxylic acids is 1. The summed E-state index contributed by atoms with van der Waals surface area (Å²) >= 11 is 0. The molecule has 2 rings (SSSR count). The number of hydrogen-bond donors (Lipinski definition) is 1. The molecule has 1 aromatic carbocycles. The second-order valence-corrected chi connectivity index (χ2v) is 6.34. The molecule has 21 heavy (non-hydrogen) atoms. The van der Waals surface area contributed by atoms with Crippen LogP contribution in [0.1, 0.15) is 25.0 Å². The lowest BCUT2D eigenvalue weighted by atomic mass is 10.1. The molecule has 1 heterocycles. The Morgan fingerprint density at radius 2 is 1.86 bits per heavy atom. The van der Waals surface area contributed by atoms with Gasteiger partial charge in [0.15, 0.2) is 0 Å². The number of carbonyl (C=O) groups is 1. The fourth-order valence-electron chi connectivity index (χ4n) is 2.71. The van der Waals surface area contributed by atoms with Crippen molar-refractivity contribution in [1.29, 1.82) is 0 Å². The monoisotopic (exact) mass is 289 g/mol. The molecule has 4 nitrogen and oxygen atoms in total. The Labute approximate surface area is 128 Å². The van der Waals surface area contributed by atoms with Crippen LogP contribution in [0.15, 0.2) is 18.2 Å². The molecule has 1 fully saturated rings. The van der Waals surface area contributed by atoms with Gasteiger partial charge in [0.2, 0.25) is 0 Å². The summed E-state index contributed by atoms with van der Waals surface area (Å²) in [6, 6.07) is 6.64. The normalized spacial score (nSPS) is 15.5. The van der Waals surface area contributed by atoms with Crippen LogP contribution in [-0.2, 0) is 0 Å². The second kappa shape index (κ2) is 6.83. The first-order valence-electron chi connectivity index (χ1n) is 7.82. The maximum absolute atomic E-state index is 12.1. The van der Waals surface area contributed by atoms with Gasteiger partial charge < -0.3 is 15.1 Å². The number of anilines is 1. The van der Waals surface area contributed by atoms with Crippen molar-refractivity contribution in [2.75, 3.05) is 37.6 Å². The number of aryl methyl sites for hydroxylation is 2. The predicted molar refractivity (Wildman–Crippen MR) is 87.9 cm³/mol. The van der Waals surface area contributed by atoms with E-state index < -0.39 is 0 Å². The van der Waals surface area contributed by atoms with Crippen molar-refractivity contribution in [3.05, 3.63) is 29.3 Å². The van der Waals surface area contributed by atoms with Crippen molar-refractivity contribution in [3.63, 3.8) is 0 Å². The number of benzene rings is 1. The highest BCUT2D eigenvalue weighted by Crippen LogP contribution is 2.22. The van der Waals surface area contributed by atoms with E-state index in [4.69, 9.17) is 0 Å². The van der Waals surface area contributed by atoms with Gasteiger partial charge >= 0.3 is 6.03 Å². The number of nitrogens with one attached hydrogen (secondary N) is 1. The molecule has 2 amide bonds. The largest absolute Gasteiger partial charge is 0.368 e. The average Bonchev–Trinajstić information content (AvgIpc) is 2.45. The summed E-state index contributed by atoms with van der Waals surface area (Å²) in [5.41, 5.74) is 3.90. The predicted octanol–water partition coefficient (Wildman–Crippen LogP) is 2.79. The summed E-state index contributed by atoms with van der Waals surface area (Å²) < 4.78 is 0. The zero-order valence-electron chi connectivity index (χ0n) is 13.6. The molecule has 1 N–H and O–H groups in total. The van der Waals surface area contributed by atoms with Crippen molar-refractivity contribution >= 4 is 11.7 Å². The molecule has 116 valence electrons. The molecule has 1 aliphatic heterocycles. The van der Waals surface area contributed by atoms with Gasteiger partial charge in [-0.1, -0.05) is 31.5 Å². The third-order valence-corrected chi connectivity index (χ3v) is 3.92. The van der Waals surface area contributed by atoms with Crippen molar-refractivity contribution in [2.45, 2.75) is 27.7 Å². The average molecular weight is 289 g/mol. The molecule has 1 aromatic rings. The quantitative estimate of drug-likeness (QED) is 0.928. The molecule has 4 heteroatoms. The first-order chi connectivity index (χ1) is 9.97.